The summed E-state index contributed by atoms with van der Waals surface area (Å²) in [6.07, 6.45) is 1.79. The van der Waals surface area contributed by atoms with E-state index in [0.29, 0.717) is 19.6 Å². The van der Waals surface area contributed by atoms with Crippen molar-refractivity contribution >= 4 is 22.6 Å². The molecule has 1 fully saturated rings. The van der Waals surface area contributed by atoms with Gasteiger partial charge >= 0.3 is 0 Å². The number of pyridine rings is 1. The van der Waals surface area contributed by atoms with Crippen molar-refractivity contribution in [2.75, 3.05) is 24.5 Å². The van der Waals surface area contributed by atoms with Crippen LogP contribution in [0.1, 0.15) is 17.3 Å². The normalized spacial score (nSPS) is 16.5. The molecule has 1 atom stereocenters. The van der Waals surface area contributed by atoms with Gasteiger partial charge in [0.15, 0.2) is 5.82 Å². The number of nitrogens with zero attached hydrogens (tertiary/aromatic N) is 5. The lowest BCUT2D eigenvalue weighted by Crippen LogP contribution is -2.54. The van der Waals surface area contributed by atoms with Gasteiger partial charge in [-0.15, -0.1) is 10.2 Å². The molecule has 4 aromatic rings. The molecule has 31 heavy (non-hydrogen) atoms. The van der Waals surface area contributed by atoms with Crippen LogP contribution < -0.4 is 4.90 Å². The maximum Gasteiger partial charge on any atom is 0.254 e. The lowest BCUT2D eigenvalue weighted by Gasteiger charge is -2.40. The Labute approximate surface area is 181 Å². The number of anilines is 1. The number of aromatic nitrogens is 3. The topological polar surface area (TPSA) is 62.2 Å². The summed E-state index contributed by atoms with van der Waals surface area (Å²) in [7, 11) is 0. The van der Waals surface area contributed by atoms with E-state index < -0.39 is 0 Å². The van der Waals surface area contributed by atoms with Crippen LogP contribution in [0.2, 0.25) is 0 Å². The highest BCUT2D eigenvalue weighted by molar-refractivity contribution is 5.98. The third-order valence-electron chi connectivity index (χ3n) is 5.78. The van der Waals surface area contributed by atoms with E-state index in [4.69, 9.17) is 0 Å². The fourth-order valence-electron chi connectivity index (χ4n) is 4.19. The first kappa shape index (κ1) is 19.2. The Hall–Kier alpha value is -3.80. The Morgan fingerprint density at radius 2 is 1.65 bits per heavy atom. The predicted molar refractivity (Wildman–Crippen MR) is 122 cm³/mol. The Balaban J connectivity index is 1.44. The van der Waals surface area contributed by atoms with Crippen molar-refractivity contribution < 1.29 is 4.79 Å². The molecule has 3 heterocycles. The lowest BCUT2D eigenvalue weighted by molar-refractivity contribution is 0.0674. The highest BCUT2D eigenvalue weighted by Gasteiger charge is 2.30. The lowest BCUT2D eigenvalue weighted by atomic mass is 10.1. The van der Waals surface area contributed by atoms with E-state index in [1.807, 2.05) is 77.7 Å². The number of amides is 1. The van der Waals surface area contributed by atoms with Gasteiger partial charge in [-0.3, -0.25) is 9.78 Å². The summed E-state index contributed by atoms with van der Waals surface area (Å²) >= 11 is 0. The Bertz CT molecular complexity index is 1210. The van der Waals surface area contributed by atoms with Gasteiger partial charge in [0.05, 0.1) is 0 Å². The first-order chi connectivity index (χ1) is 15.2. The minimum absolute atomic E-state index is 0.0517. The molecular weight excluding hydrogens is 386 g/mol. The first-order valence-corrected chi connectivity index (χ1v) is 10.5. The average molecular weight is 409 g/mol. The molecule has 0 aliphatic carbocycles. The molecule has 0 unspecified atom stereocenters. The summed E-state index contributed by atoms with van der Waals surface area (Å²) < 4.78 is 0. The Morgan fingerprint density at radius 1 is 0.903 bits per heavy atom. The van der Waals surface area contributed by atoms with Crippen molar-refractivity contribution in [3.8, 4) is 11.3 Å². The van der Waals surface area contributed by atoms with Crippen LogP contribution >= 0.6 is 0 Å². The van der Waals surface area contributed by atoms with Gasteiger partial charge in [-0.2, -0.15) is 0 Å². The molecule has 2 aromatic carbocycles. The van der Waals surface area contributed by atoms with Crippen LogP contribution in [0, 0.1) is 0 Å². The smallest absolute Gasteiger partial charge is 0.254 e. The predicted octanol–water partition coefficient (Wildman–Crippen LogP) is 4.04. The van der Waals surface area contributed by atoms with Crippen molar-refractivity contribution in [1.82, 2.24) is 20.1 Å². The third kappa shape index (κ3) is 3.61. The van der Waals surface area contributed by atoms with E-state index >= 15 is 0 Å². The van der Waals surface area contributed by atoms with Gasteiger partial charge in [0.1, 0.15) is 11.2 Å². The minimum Gasteiger partial charge on any atom is -0.349 e. The molecule has 0 N–H and O–H groups in total. The van der Waals surface area contributed by atoms with Gasteiger partial charge in [0, 0.05) is 48.4 Å². The Kier molecular flexibility index (Phi) is 5.04. The number of carbonyl (C=O) groups excluding carboxylic acids is 1. The summed E-state index contributed by atoms with van der Waals surface area (Å²) in [6.45, 7) is 4.08. The summed E-state index contributed by atoms with van der Waals surface area (Å²) in [6, 6.07) is 23.5. The number of rotatable bonds is 3. The minimum atomic E-state index is 0.0517. The molecule has 1 amide bonds. The second kappa shape index (κ2) is 8.14. The fraction of sp³-hybridized carbons (Fsp3) is 0.200. The molecule has 0 saturated carbocycles. The second-order valence-electron chi connectivity index (χ2n) is 7.80. The van der Waals surface area contributed by atoms with Crippen LogP contribution in [0.4, 0.5) is 5.82 Å². The largest absolute Gasteiger partial charge is 0.349 e. The number of piperazine rings is 1. The molecule has 154 valence electrons. The van der Waals surface area contributed by atoms with Crippen LogP contribution in [0.5, 0.6) is 0 Å². The summed E-state index contributed by atoms with van der Waals surface area (Å²) in [5, 5.41) is 10.1. The fourth-order valence-corrected chi connectivity index (χ4v) is 4.19. The molecule has 1 aliphatic rings. The number of hydrogen-bond donors (Lipinski definition) is 0. The van der Waals surface area contributed by atoms with Gasteiger partial charge in [0.25, 0.3) is 5.91 Å². The van der Waals surface area contributed by atoms with Crippen molar-refractivity contribution in [3.63, 3.8) is 0 Å². The van der Waals surface area contributed by atoms with E-state index in [0.717, 1.165) is 33.5 Å². The quantitative estimate of drug-likeness (QED) is 0.511. The molecule has 0 bridgehead atoms. The van der Waals surface area contributed by atoms with E-state index in [-0.39, 0.29) is 11.9 Å². The Morgan fingerprint density at radius 3 is 2.39 bits per heavy atom. The SMILES string of the molecule is C[C@H]1CN(c2nnc(-c3ccccc3)c3cccnc23)CCN1C(=O)c1ccccc1. The molecule has 5 rings (SSSR count). The third-order valence-corrected chi connectivity index (χ3v) is 5.78. The van der Waals surface area contributed by atoms with E-state index in [9.17, 15) is 4.79 Å². The highest BCUT2D eigenvalue weighted by Crippen LogP contribution is 2.31. The molecule has 0 spiro atoms. The molecule has 2 aromatic heterocycles. The average Bonchev–Trinajstić information content (AvgIpc) is 2.84. The molecular formula is C25H23N5O. The maximum absolute atomic E-state index is 12.9. The van der Waals surface area contributed by atoms with Crippen LogP contribution in [-0.4, -0.2) is 51.7 Å². The van der Waals surface area contributed by atoms with Gasteiger partial charge in [-0.1, -0.05) is 48.5 Å². The van der Waals surface area contributed by atoms with Crippen molar-refractivity contribution in [2.45, 2.75) is 13.0 Å². The number of carbonyl (C=O) groups is 1. The van der Waals surface area contributed by atoms with Gasteiger partial charge < -0.3 is 9.80 Å². The van der Waals surface area contributed by atoms with Crippen LogP contribution in [0.15, 0.2) is 79.0 Å². The standard InChI is InChI=1S/C25H23N5O/c1-18-17-29(15-16-30(18)25(31)20-11-6-3-7-12-20)24-23-21(13-8-14-26-23)22(27-28-24)19-9-4-2-5-10-19/h2-14,18H,15-17H2,1H3/t18-/m0/s1. The molecule has 6 heteroatoms. The van der Waals surface area contributed by atoms with Crippen LogP contribution in [0.3, 0.4) is 0 Å². The van der Waals surface area contributed by atoms with Crippen molar-refractivity contribution in [2.24, 2.45) is 0 Å². The monoisotopic (exact) mass is 409 g/mol. The van der Waals surface area contributed by atoms with E-state index in [2.05, 4.69) is 27.0 Å². The first-order valence-electron chi connectivity index (χ1n) is 10.5. The zero-order valence-electron chi connectivity index (χ0n) is 17.3. The summed E-state index contributed by atoms with van der Waals surface area (Å²) in [5.41, 5.74) is 3.41. The van der Waals surface area contributed by atoms with Crippen molar-refractivity contribution in [1.29, 1.82) is 0 Å². The summed E-state index contributed by atoms with van der Waals surface area (Å²) in [5.74, 6) is 0.843. The van der Waals surface area contributed by atoms with Crippen LogP contribution in [0.25, 0.3) is 22.2 Å². The highest BCUT2D eigenvalue weighted by atomic mass is 16.2. The van der Waals surface area contributed by atoms with Gasteiger partial charge in [-0.25, -0.2) is 0 Å². The number of benzene rings is 2. The number of fused-ring (bicyclic) bond motifs is 1. The number of hydrogen-bond acceptors (Lipinski definition) is 5. The zero-order chi connectivity index (χ0) is 21.2. The molecule has 1 saturated heterocycles. The second-order valence-corrected chi connectivity index (χ2v) is 7.80. The molecule has 6 nitrogen and oxygen atoms in total. The van der Waals surface area contributed by atoms with Crippen LogP contribution in [-0.2, 0) is 0 Å². The molecule has 1 aliphatic heterocycles. The maximum atomic E-state index is 12.9. The van der Waals surface area contributed by atoms with Gasteiger partial charge in [0.2, 0.25) is 0 Å². The van der Waals surface area contributed by atoms with E-state index in [1.54, 1.807) is 6.20 Å². The van der Waals surface area contributed by atoms with Gasteiger partial charge in [-0.05, 0) is 31.2 Å². The summed E-state index contributed by atoms with van der Waals surface area (Å²) in [4.78, 5) is 21.7. The van der Waals surface area contributed by atoms with Crippen molar-refractivity contribution in [3.05, 3.63) is 84.6 Å². The van der Waals surface area contributed by atoms with E-state index in [1.165, 1.54) is 0 Å². The molecule has 0 radical (unpaired) electrons. The zero-order valence-corrected chi connectivity index (χ0v) is 17.3.